The van der Waals surface area contributed by atoms with Crippen molar-refractivity contribution in [2.24, 2.45) is 11.8 Å². The normalized spacial score (nSPS) is 16.7. The molecule has 0 aliphatic carbocycles. The van der Waals surface area contributed by atoms with Crippen molar-refractivity contribution in [3.63, 3.8) is 0 Å². The molecule has 0 amide bonds. The van der Waals surface area contributed by atoms with Gasteiger partial charge in [-0.1, -0.05) is 0 Å². The number of hydrogen-bond donors (Lipinski definition) is 1. The Balaban J connectivity index is 3.40. The molecule has 0 fully saturated rings. The van der Waals surface area contributed by atoms with E-state index >= 15 is 0 Å². The van der Waals surface area contributed by atoms with Crippen LogP contribution in [0.4, 0.5) is 0 Å². The summed E-state index contributed by atoms with van der Waals surface area (Å²) in [5.74, 6) is 1.32. The van der Waals surface area contributed by atoms with Crippen molar-refractivity contribution in [2.75, 3.05) is 0 Å². The Labute approximate surface area is 199 Å². The molecule has 0 N–H and O–H groups in total. The van der Waals surface area contributed by atoms with Crippen molar-refractivity contribution in [1.82, 2.24) is 0 Å². The van der Waals surface area contributed by atoms with Gasteiger partial charge in [-0.25, -0.2) is 0 Å². The van der Waals surface area contributed by atoms with Crippen molar-refractivity contribution < 1.29 is 0 Å². The molecule has 29 heavy (non-hydrogen) atoms. The van der Waals surface area contributed by atoms with Gasteiger partial charge in [0.05, 0.1) is 0 Å². The second-order valence-electron chi connectivity index (χ2n) is 10.8. The molecule has 4 heteroatoms. The molecule has 0 aromatic carbocycles. The van der Waals surface area contributed by atoms with E-state index in [4.69, 9.17) is 12.6 Å². The van der Waals surface area contributed by atoms with Gasteiger partial charge in [-0.3, -0.25) is 0 Å². The molecule has 0 saturated heterocycles. The number of thiophene rings is 1. The molecule has 0 bridgehead atoms. The Kier molecular flexibility index (Phi) is 12.0. The molecular formula is C25H46S2Sn2. The first-order valence-electron chi connectivity index (χ1n) is 11.5. The molecule has 166 valence electrons. The van der Waals surface area contributed by atoms with E-state index < -0.39 is 36.8 Å². The monoisotopic (exact) mass is 650 g/mol. The van der Waals surface area contributed by atoms with Crippen molar-refractivity contribution in [1.29, 1.82) is 0 Å². The maximum absolute atomic E-state index is 4.95. The van der Waals surface area contributed by atoms with Crippen LogP contribution in [0.3, 0.4) is 0 Å². The second kappa shape index (κ2) is 12.4. The van der Waals surface area contributed by atoms with Gasteiger partial charge >= 0.3 is 201 Å². The third kappa shape index (κ3) is 9.25. The number of unbranched alkanes of at least 4 members (excludes halogenated alkanes) is 1. The van der Waals surface area contributed by atoms with E-state index in [0.29, 0.717) is 5.92 Å². The summed E-state index contributed by atoms with van der Waals surface area (Å²) in [6.07, 6.45) is 10.4. The van der Waals surface area contributed by atoms with Gasteiger partial charge in [0.2, 0.25) is 0 Å². The van der Waals surface area contributed by atoms with Crippen LogP contribution in [0.5, 0.6) is 0 Å². The van der Waals surface area contributed by atoms with Gasteiger partial charge in [-0.05, 0) is 0 Å². The Bertz CT molecular complexity index is 775. The summed E-state index contributed by atoms with van der Waals surface area (Å²) < 4.78 is 4.55. The zero-order chi connectivity index (χ0) is 22.4. The first-order chi connectivity index (χ1) is 13.3. The average molecular weight is 648 g/mol. The first kappa shape index (κ1) is 28.2. The van der Waals surface area contributed by atoms with Gasteiger partial charge in [0.15, 0.2) is 0 Å². The predicted molar refractivity (Wildman–Crippen MR) is 148 cm³/mol. The van der Waals surface area contributed by atoms with Crippen LogP contribution >= 0.6 is 24.0 Å². The minimum absolute atomic E-state index is 0.462. The van der Waals surface area contributed by atoms with Gasteiger partial charge in [0.25, 0.3) is 0 Å². The summed E-state index contributed by atoms with van der Waals surface area (Å²) in [5, 5.41) is 1.27. The fourth-order valence-corrected chi connectivity index (χ4v) is 12.5. The number of thiol groups is 1. The Morgan fingerprint density at radius 2 is 1.76 bits per heavy atom. The third-order valence-corrected chi connectivity index (χ3v) is 26.1. The quantitative estimate of drug-likeness (QED) is 0.191. The maximum atomic E-state index is 4.95. The molecule has 0 nitrogen and oxygen atoms in total. The van der Waals surface area contributed by atoms with Crippen molar-refractivity contribution in [3.05, 3.63) is 24.8 Å². The van der Waals surface area contributed by atoms with Crippen molar-refractivity contribution in [2.45, 2.75) is 88.9 Å². The van der Waals surface area contributed by atoms with E-state index in [0.717, 1.165) is 5.92 Å². The minimum atomic E-state index is -2.12. The molecule has 2 atom stereocenters. The van der Waals surface area contributed by atoms with Crippen LogP contribution in [-0.4, -0.2) is 36.8 Å². The molecule has 0 aliphatic rings. The number of allylic oxidation sites excluding steroid dienone is 1. The molecule has 0 spiro atoms. The summed E-state index contributed by atoms with van der Waals surface area (Å²) in [4.78, 5) is 14.9. The van der Waals surface area contributed by atoms with Gasteiger partial charge in [-0.15, -0.1) is 0 Å². The molecule has 1 aromatic heterocycles. The van der Waals surface area contributed by atoms with Crippen LogP contribution < -0.4 is 12.6 Å². The van der Waals surface area contributed by atoms with E-state index in [1.165, 1.54) is 51.2 Å². The van der Waals surface area contributed by atoms with Gasteiger partial charge in [-0.2, -0.15) is 0 Å². The summed E-state index contributed by atoms with van der Waals surface area (Å²) in [7, 11) is 0. The van der Waals surface area contributed by atoms with Crippen LogP contribution in [0.2, 0.25) is 29.6 Å². The second-order valence-corrected chi connectivity index (χ2v) is 43.3. The van der Waals surface area contributed by atoms with Crippen LogP contribution in [0, 0.1) is 11.8 Å². The van der Waals surface area contributed by atoms with Crippen LogP contribution in [0.25, 0.3) is 12.2 Å². The zero-order valence-electron chi connectivity index (χ0n) is 20.6. The fourth-order valence-electron chi connectivity index (χ4n) is 3.61. The molecule has 2 unspecified atom stereocenters. The Hall–Kier alpha value is 1.13. The van der Waals surface area contributed by atoms with Gasteiger partial charge in [0.1, 0.15) is 0 Å². The summed E-state index contributed by atoms with van der Waals surface area (Å²) in [6.45, 7) is 11.6. The van der Waals surface area contributed by atoms with E-state index in [2.05, 4.69) is 80.5 Å². The first-order valence-corrected chi connectivity index (χ1v) is 32.8. The summed E-state index contributed by atoms with van der Waals surface area (Å²) in [6, 6.07) is 2.42. The SMILES string of the molecule is C=c1c[c]([Sn]([CH3])([CH3])[CH3])s/c1=C(\CCC(CC)CCCC)C(C)/C=[C](\S)[Sn]([CH3])([CH3])[CH3]. The molecule has 0 radical (unpaired) electrons. The van der Waals surface area contributed by atoms with Crippen LogP contribution in [-0.2, 0) is 0 Å². The molecule has 0 aliphatic heterocycles. The van der Waals surface area contributed by atoms with E-state index in [1.54, 1.807) is 8.47 Å². The average Bonchev–Trinajstić information content (AvgIpc) is 2.99. The predicted octanol–water partition coefficient (Wildman–Crippen LogP) is 7.18. The van der Waals surface area contributed by atoms with Gasteiger partial charge < -0.3 is 0 Å². The summed E-state index contributed by atoms with van der Waals surface area (Å²) >= 11 is 2.82. The molecule has 0 saturated carbocycles. The van der Waals surface area contributed by atoms with E-state index in [1.807, 2.05) is 0 Å². The Morgan fingerprint density at radius 3 is 2.21 bits per heavy atom. The van der Waals surface area contributed by atoms with Crippen molar-refractivity contribution >= 4 is 75.8 Å². The van der Waals surface area contributed by atoms with Crippen LogP contribution in [0.1, 0.15) is 59.3 Å². The van der Waals surface area contributed by atoms with E-state index in [-0.39, 0.29) is 0 Å². The standard InChI is InChI=1S/C19H28S2.6CH3.2Sn/c1-5-7-8-17(6-2)9-10-18(15(3)11-13-20)19-16(4)12-14-21-19;;;;;;;;/h11-12,15,17,20H,4-10H2,1-3H3;6*1H3;;/b13-11?,19-18+;;;;;;;;. The third-order valence-electron chi connectivity index (χ3n) is 5.93. The molecule has 1 heterocycles. The number of hydrogen-bond acceptors (Lipinski definition) is 2. The fraction of sp³-hybridized carbons (Fsp3) is 0.680. The topological polar surface area (TPSA) is 0 Å². The number of rotatable bonds is 11. The van der Waals surface area contributed by atoms with Crippen LogP contribution in [0.15, 0.2) is 15.1 Å². The molecule has 1 aromatic rings. The van der Waals surface area contributed by atoms with E-state index in [9.17, 15) is 0 Å². The van der Waals surface area contributed by atoms with Gasteiger partial charge in [0, 0.05) is 0 Å². The Morgan fingerprint density at radius 1 is 1.14 bits per heavy atom. The molecular weight excluding hydrogens is 602 g/mol. The zero-order valence-corrected chi connectivity index (χ0v) is 28.0. The molecule has 1 rings (SSSR count). The summed E-state index contributed by atoms with van der Waals surface area (Å²) in [5.41, 5.74) is 1.62. The van der Waals surface area contributed by atoms with Crippen molar-refractivity contribution in [3.8, 4) is 0 Å².